The van der Waals surface area contributed by atoms with Gasteiger partial charge in [0.1, 0.15) is 0 Å². The Morgan fingerprint density at radius 3 is 2.38 bits per heavy atom. The van der Waals surface area contributed by atoms with E-state index in [4.69, 9.17) is 17.3 Å². The van der Waals surface area contributed by atoms with Gasteiger partial charge in [-0.25, -0.2) is 0 Å². The van der Waals surface area contributed by atoms with E-state index in [1.165, 1.54) is 27.3 Å². The average molecular weight is 571 g/mol. The molecule has 3 N–H and O–H groups in total. The molecule has 210 valence electrons. The first-order valence-electron chi connectivity index (χ1n) is 13.1. The number of para-hydroxylation sites is 1. The lowest BCUT2D eigenvalue weighted by Gasteiger charge is -2.29. The molecule has 5 rings (SSSR count). The number of rotatable bonds is 6. The van der Waals surface area contributed by atoms with Crippen molar-refractivity contribution in [2.45, 2.75) is 45.8 Å². The summed E-state index contributed by atoms with van der Waals surface area (Å²) in [5.41, 5.74) is 8.43. The number of nitrogen functional groups attached to an aromatic ring is 1. The molecule has 0 radical (unpaired) electrons. The fourth-order valence-corrected chi connectivity index (χ4v) is 5.65. The number of anilines is 1. The summed E-state index contributed by atoms with van der Waals surface area (Å²) in [4.78, 5) is 27.5. The number of aromatic nitrogens is 2. The number of hydrogen-bond donors (Lipinski definition) is 2. The molecule has 0 aliphatic carbocycles. The molecule has 0 spiro atoms. The Balaban J connectivity index is 1.90. The fraction of sp³-hybridized carbons (Fsp3) is 0.333. The van der Waals surface area contributed by atoms with E-state index in [9.17, 15) is 22.8 Å². The van der Waals surface area contributed by atoms with Crippen LogP contribution >= 0.6 is 11.6 Å². The molecule has 1 saturated heterocycles. The van der Waals surface area contributed by atoms with Gasteiger partial charge in [-0.3, -0.25) is 14.2 Å². The summed E-state index contributed by atoms with van der Waals surface area (Å²) in [5.74, 6) is 0.186. The molecule has 4 aromatic rings. The zero-order valence-corrected chi connectivity index (χ0v) is 23.2. The number of nitrogens with two attached hydrogens (primary N) is 1. The number of fused-ring (bicyclic) bond motifs is 1. The van der Waals surface area contributed by atoms with Crippen molar-refractivity contribution in [1.82, 2.24) is 14.5 Å². The van der Waals surface area contributed by atoms with Crippen LogP contribution in [0.3, 0.4) is 0 Å². The largest absolute Gasteiger partial charge is 0.399 e. The van der Waals surface area contributed by atoms with Crippen molar-refractivity contribution in [2.24, 2.45) is 5.92 Å². The SMILES string of the molecule is Cc1cccc(C(C)C)c1-n1c(=O)c(=O)n(CC2CNC2)c2cc(Cl)c(-c3cc(N)ccc3CC(F)(F)F)cc21. The number of nitrogens with one attached hydrogen (secondary N) is 1. The number of aryl methyl sites for hydroxylation is 1. The summed E-state index contributed by atoms with van der Waals surface area (Å²) in [6.45, 7) is 7.59. The first kappa shape index (κ1) is 28.0. The highest BCUT2D eigenvalue weighted by Crippen LogP contribution is 2.38. The van der Waals surface area contributed by atoms with E-state index in [1.54, 1.807) is 12.1 Å². The molecule has 2 heterocycles. The quantitative estimate of drug-likeness (QED) is 0.226. The predicted octanol–water partition coefficient (Wildman–Crippen LogP) is 5.81. The Morgan fingerprint density at radius 2 is 1.75 bits per heavy atom. The van der Waals surface area contributed by atoms with Gasteiger partial charge in [-0.15, -0.1) is 0 Å². The molecule has 0 unspecified atom stereocenters. The minimum absolute atomic E-state index is 0.00414. The zero-order chi connectivity index (χ0) is 28.9. The fourth-order valence-electron chi connectivity index (χ4n) is 5.39. The standard InChI is InChI=1S/C30H30ClF3N4O2/c1-16(2)21-6-4-5-17(3)27(21)38-26-10-23(22-9-20(35)8-7-19(22)12-30(32,33)34)24(31)11-25(26)37(28(39)29(38)40)15-18-13-36-14-18/h4-11,16,18,36H,12-15,35H2,1-3H3. The normalized spacial score (nSPS) is 14.2. The van der Waals surface area contributed by atoms with Gasteiger partial charge in [0.25, 0.3) is 0 Å². The van der Waals surface area contributed by atoms with Crippen LogP contribution in [0.25, 0.3) is 27.8 Å². The van der Waals surface area contributed by atoms with Crippen molar-refractivity contribution in [1.29, 1.82) is 0 Å². The van der Waals surface area contributed by atoms with Crippen molar-refractivity contribution in [2.75, 3.05) is 18.8 Å². The van der Waals surface area contributed by atoms with Gasteiger partial charge in [0.15, 0.2) is 0 Å². The molecule has 0 atom stereocenters. The molecular weight excluding hydrogens is 541 g/mol. The first-order valence-corrected chi connectivity index (χ1v) is 13.5. The molecule has 40 heavy (non-hydrogen) atoms. The maximum atomic E-state index is 13.9. The first-order chi connectivity index (χ1) is 18.9. The van der Waals surface area contributed by atoms with Crippen LogP contribution in [-0.2, 0) is 13.0 Å². The molecule has 0 bridgehead atoms. The highest BCUT2D eigenvalue weighted by atomic mass is 35.5. The Labute approximate surface area is 234 Å². The van der Waals surface area contributed by atoms with E-state index in [1.807, 2.05) is 39.0 Å². The van der Waals surface area contributed by atoms with Crippen LogP contribution in [0.2, 0.25) is 5.02 Å². The van der Waals surface area contributed by atoms with Crippen LogP contribution in [0.5, 0.6) is 0 Å². The maximum Gasteiger partial charge on any atom is 0.393 e. The monoisotopic (exact) mass is 570 g/mol. The van der Waals surface area contributed by atoms with E-state index in [0.29, 0.717) is 41.9 Å². The molecule has 10 heteroatoms. The third kappa shape index (κ3) is 5.15. The van der Waals surface area contributed by atoms with Crippen molar-refractivity contribution in [3.8, 4) is 16.8 Å². The van der Waals surface area contributed by atoms with E-state index >= 15 is 0 Å². The van der Waals surface area contributed by atoms with E-state index in [-0.39, 0.29) is 33.7 Å². The topological polar surface area (TPSA) is 82.0 Å². The Bertz CT molecular complexity index is 1740. The molecule has 0 amide bonds. The molecule has 1 aromatic heterocycles. The summed E-state index contributed by atoms with van der Waals surface area (Å²) in [5, 5.41) is 3.33. The number of alkyl halides is 3. The molecule has 1 aliphatic heterocycles. The number of nitrogens with zero attached hydrogens (tertiary/aromatic N) is 2. The van der Waals surface area contributed by atoms with Crippen molar-refractivity contribution in [3.05, 3.63) is 91.0 Å². The second-order valence-corrected chi connectivity index (χ2v) is 11.2. The number of benzene rings is 3. The highest BCUT2D eigenvalue weighted by Gasteiger charge is 2.30. The maximum absolute atomic E-state index is 13.9. The molecule has 0 saturated carbocycles. The molecule has 6 nitrogen and oxygen atoms in total. The average Bonchev–Trinajstić information content (AvgIpc) is 2.84. The van der Waals surface area contributed by atoms with Crippen LogP contribution in [0.15, 0.2) is 58.1 Å². The minimum Gasteiger partial charge on any atom is -0.399 e. The predicted molar refractivity (Wildman–Crippen MR) is 154 cm³/mol. The van der Waals surface area contributed by atoms with Gasteiger partial charge in [-0.05, 0) is 59.4 Å². The van der Waals surface area contributed by atoms with Crippen LogP contribution in [0.4, 0.5) is 18.9 Å². The summed E-state index contributed by atoms with van der Waals surface area (Å²) < 4.78 is 43.3. The summed E-state index contributed by atoms with van der Waals surface area (Å²) >= 11 is 6.76. The van der Waals surface area contributed by atoms with Gasteiger partial charge in [0, 0.05) is 36.8 Å². The Kier molecular flexibility index (Phi) is 7.31. The van der Waals surface area contributed by atoms with Crippen LogP contribution in [-0.4, -0.2) is 28.4 Å². The minimum atomic E-state index is -4.46. The summed E-state index contributed by atoms with van der Waals surface area (Å²) in [6.07, 6.45) is -5.63. The Hall–Kier alpha value is -3.56. The third-order valence-electron chi connectivity index (χ3n) is 7.46. The number of hydrogen-bond acceptors (Lipinski definition) is 4. The lowest BCUT2D eigenvalue weighted by molar-refractivity contribution is -0.127. The lowest BCUT2D eigenvalue weighted by Crippen LogP contribution is -2.48. The van der Waals surface area contributed by atoms with Crippen LogP contribution in [0.1, 0.15) is 36.5 Å². The second kappa shape index (κ2) is 10.4. The van der Waals surface area contributed by atoms with E-state index < -0.39 is 23.7 Å². The summed E-state index contributed by atoms with van der Waals surface area (Å²) in [6, 6.07) is 13.1. The highest BCUT2D eigenvalue weighted by molar-refractivity contribution is 6.34. The van der Waals surface area contributed by atoms with Crippen molar-refractivity contribution >= 4 is 28.3 Å². The van der Waals surface area contributed by atoms with E-state index in [2.05, 4.69) is 5.32 Å². The van der Waals surface area contributed by atoms with Crippen molar-refractivity contribution < 1.29 is 13.2 Å². The van der Waals surface area contributed by atoms with Gasteiger partial charge in [-0.1, -0.05) is 49.7 Å². The van der Waals surface area contributed by atoms with Gasteiger partial charge in [0.2, 0.25) is 0 Å². The van der Waals surface area contributed by atoms with Gasteiger partial charge in [0.05, 0.1) is 28.2 Å². The smallest absolute Gasteiger partial charge is 0.393 e. The lowest BCUT2D eigenvalue weighted by atomic mass is 9.95. The molecule has 1 aliphatic rings. The Morgan fingerprint density at radius 1 is 1.02 bits per heavy atom. The molecular formula is C30H30ClF3N4O2. The summed E-state index contributed by atoms with van der Waals surface area (Å²) in [7, 11) is 0. The van der Waals surface area contributed by atoms with E-state index in [0.717, 1.165) is 11.1 Å². The second-order valence-electron chi connectivity index (χ2n) is 10.8. The van der Waals surface area contributed by atoms with Crippen molar-refractivity contribution in [3.63, 3.8) is 0 Å². The van der Waals surface area contributed by atoms with Gasteiger partial charge < -0.3 is 15.6 Å². The zero-order valence-electron chi connectivity index (χ0n) is 22.4. The number of halogens is 4. The van der Waals surface area contributed by atoms with Crippen LogP contribution < -0.4 is 22.2 Å². The third-order valence-corrected chi connectivity index (χ3v) is 7.78. The van der Waals surface area contributed by atoms with Gasteiger partial charge in [-0.2, -0.15) is 13.2 Å². The molecule has 3 aromatic carbocycles. The van der Waals surface area contributed by atoms with Crippen LogP contribution in [0, 0.1) is 12.8 Å². The molecule has 1 fully saturated rings. The van der Waals surface area contributed by atoms with Gasteiger partial charge >= 0.3 is 17.3 Å².